The van der Waals surface area contributed by atoms with Gasteiger partial charge in [-0.25, -0.2) is 0 Å². The second-order valence-corrected chi connectivity index (χ2v) is 6.04. The van der Waals surface area contributed by atoms with Gasteiger partial charge in [0.15, 0.2) is 0 Å². The average molecular weight is 280 g/mol. The maximum Gasteiger partial charge on any atom is 0.220 e. The predicted octanol–water partition coefficient (Wildman–Crippen LogP) is 3.53. The summed E-state index contributed by atoms with van der Waals surface area (Å²) in [4.78, 5) is 11.8. The van der Waals surface area contributed by atoms with E-state index in [2.05, 4.69) is 17.4 Å². The van der Waals surface area contributed by atoms with Gasteiger partial charge < -0.3 is 5.32 Å². The molecule has 2 nitrogen and oxygen atoms in total. The summed E-state index contributed by atoms with van der Waals surface area (Å²) >= 11 is 6.16. The fourth-order valence-corrected chi connectivity index (χ4v) is 3.07. The Morgan fingerprint density at radius 3 is 2.79 bits per heavy atom. The van der Waals surface area contributed by atoms with Crippen LogP contribution in [0.3, 0.4) is 0 Å². The van der Waals surface area contributed by atoms with Gasteiger partial charge >= 0.3 is 0 Å². The molecule has 2 unspecified atom stereocenters. The van der Waals surface area contributed by atoms with E-state index in [4.69, 9.17) is 11.6 Å². The summed E-state index contributed by atoms with van der Waals surface area (Å²) in [5.41, 5.74) is 1.22. The first-order chi connectivity index (χ1) is 9.24. The van der Waals surface area contributed by atoms with Crippen LogP contribution in [0.4, 0.5) is 0 Å². The van der Waals surface area contributed by atoms with Crippen molar-refractivity contribution < 1.29 is 4.79 Å². The first-order valence-electron chi connectivity index (χ1n) is 7.18. The van der Waals surface area contributed by atoms with Crippen molar-refractivity contribution in [1.82, 2.24) is 5.32 Å². The number of hydrogen-bond donors (Lipinski definition) is 1. The quantitative estimate of drug-likeness (QED) is 0.821. The van der Waals surface area contributed by atoms with Crippen LogP contribution in [0, 0.1) is 5.92 Å². The molecule has 0 spiro atoms. The summed E-state index contributed by atoms with van der Waals surface area (Å²) in [6.07, 6.45) is 5.94. The lowest BCUT2D eigenvalue weighted by molar-refractivity contribution is -0.121. The van der Waals surface area contributed by atoms with E-state index in [1.165, 1.54) is 18.4 Å². The van der Waals surface area contributed by atoms with Crippen molar-refractivity contribution in [2.45, 2.75) is 43.9 Å². The number of carbonyl (C=O) groups excluding carboxylic acids is 1. The molecule has 1 saturated carbocycles. The van der Waals surface area contributed by atoms with Gasteiger partial charge in [-0.05, 0) is 37.2 Å². The Morgan fingerprint density at radius 2 is 2.05 bits per heavy atom. The Labute approximate surface area is 120 Å². The van der Waals surface area contributed by atoms with Crippen molar-refractivity contribution in [3.05, 3.63) is 35.9 Å². The van der Waals surface area contributed by atoms with E-state index in [9.17, 15) is 4.79 Å². The molecule has 1 N–H and O–H groups in total. The van der Waals surface area contributed by atoms with Crippen molar-refractivity contribution in [2.24, 2.45) is 5.92 Å². The number of nitrogens with one attached hydrogen (secondary N) is 1. The number of aryl methyl sites for hydroxylation is 1. The third-order valence-corrected chi connectivity index (χ3v) is 4.19. The second kappa shape index (κ2) is 7.54. The minimum atomic E-state index is 0.153. The van der Waals surface area contributed by atoms with Gasteiger partial charge in [-0.1, -0.05) is 36.8 Å². The smallest absolute Gasteiger partial charge is 0.220 e. The van der Waals surface area contributed by atoms with Crippen molar-refractivity contribution in [3.63, 3.8) is 0 Å². The molecule has 1 aromatic carbocycles. The van der Waals surface area contributed by atoms with Crippen LogP contribution in [0.1, 0.15) is 37.7 Å². The number of halogens is 1. The third kappa shape index (κ3) is 5.23. The molecule has 0 heterocycles. The predicted molar refractivity (Wildman–Crippen MR) is 79.4 cm³/mol. The Morgan fingerprint density at radius 1 is 1.26 bits per heavy atom. The lowest BCUT2D eigenvalue weighted by atomic mass is 9.89. The molecule has 1 aliphatic carbocycles. The minimum Gasteiger partial charge on any atom is -0.356 e. The van der Waals surface area contributed by atoms with Crippen LogP contribution < -0.4 is 5.32 Å². The van der Waals surface area contributed by atoms with Crippen molar-refractivity contribution >= 4 is 17.5 Å². The molecule has 1 aromatic rings. The van der Waals surface area contributed by atoms with Crippen LogP contribution in [0.15, 0.2) is 30.3 Å². The van der Waals surface area contributed by atoms with Crippen molar-refractivity contribution in [3.8, 4) is 0 Å². The van der Waals surface area contributed by atoms with E-state index in [1.54, 1.807) is 0 Å². The molecular weight excluding hydrogens is 258 g/mol. The highest BCUT2D eigenvalue weighted by Crippen LogP contribution is 2.27. The SMILES string of the molecule is O=C(CCc1ccccc1)NCC1CCCC(Cl)C1. The summed E-state index contributed by atoms with van der Waals surface area (Å²) in [5, 5.41) is 3.35. The zero-order valence-corrected chi connectivity index (χ0v) is 12.0. The Balaban J connectivity index is 1.64. The molecule has 1 fully saturated rings. The number of alkyl halides is 1. The van der Waals surface area contributed by atoms with Gasteiger partial charge in [0.25, 0.3) is 0 Å². The van der Waals surface area contributed by atoms with Crippen LogP contribution >= 0.6 is 11.6 Å². The van der Waals surface area contributed by atoms with Crippen LogP contribution in [0.5, 0.6) is 0 Å². The summed E-state index contributed by atoms with van der Waals surface area (Å²) in [5.74, 6) is 0.720. The summed E-state index contributed by atoms with van der Waals surface area (Å²) < 4.78 is 0. The minimum absolute atomic E-state index is 0.153. The molecule has 0 aromatic heterocycles. The summed E-state index contributed by atoms with van der Waals surface area (Å²) in [7, 11) is 0. The molecule has 0 bridgehead atoms. The monoisotopic (exact) mass is 279 g/mol. The van der Waals surface area contributed by atoms with Crippen LogP contribution in [-0.2, 0) is 11.2 Å². The summed E-state index contributed by atoms with van der Waals surface area (Å²) in [6, 6.07) is 10.1. The molecule has 2 rings (SSSR count). The van der Waals surface area contributed by atoms with Crippen LogP contribution in [0.2, 0.25) is 0 Å². The molecule has 3 heteroatoms. The average Bonchev–Trinajstić information content (AvgIpc) is 2.44. The molecular formula is C16H22ClNO. The molecule has 2 atom stereocenters. The normalized spacial score (nSPS) is 23.0. The standard InChI is InChI=1S/C16H22ClNO/c17-15-8-4-7-14(11-15)12-18-16(19)10-9-13-5-2-1-3-6-13/h1-3,5-6,14-15H,4,7-12H2,(H,18,19). The molecule has 0 saturated heterocycles. The van der Waals surface area contributed by atoms with Gasteiger partial charge in [0.1, 0.15) is 0 Å². The number of hydrogen-bond acceptors (Lipinski definition) is 1. The van der Waals surface area contributed by atoms with Gasteiger partial charge in [-0.15, -0.1) is 11.6 Å². The highest BCUT2D eigenvalue weighted by atomic mass is 35.5. The highest BCUT2D eigenvalue weighted by Gasteiger charge is 2.20. The topological polar surface area (TPSA) is 29.1 Å². The first-order valence-corrected chi connectivity index (χ1v) is 7.62. The molecule has 104 valence electrons. The van der Waals surface area contributed by atoms with E-state index in [-0.39, 0.29) is 5.91 Å². The van der Waals surface area contributed by atoms with Gasteiger partial charge in [0.2, 0.25) is 5.91 Å². The molecule has 0 radical (unpaired) electrons. The lowest BCUT2D eigenvalue weighted by Gasteiger charge is -2.25. The molecule has 1 aliphatic rings. The largest absolute Gasteiger partial charge is 0.356 e. The Hall–Kier alpha value is -1.02. The van der Waals surface area contributed by atoms with E-state index >= 15 is 0 Å². The van der Waals surface area contributed by atoms with E-state index < -0.39 is 0 Å². The maximum atomic E-state index is 11.8. The zero-order valence-electron chi connectivity index (χ0n) is 11.3. The maximum absolute atomic E-state index is 11.8. The molecule has 0 aliphatic heterocycles. The number of amides is 1. The van der Waals surface area contributed by atoms with Crippen molar-refractivity contribution in [2.75, 3.05) is 6.54 Å². The Bertz CT molecular complexity index is 393. The third-order valence-electron chi connectivity index (χ3n) is 3.79. The fourth-order valence-electron chi connectivity index (χ4n) is 2.66. The van der Waals surface area contributed by atoms with E-state index in [0.717, 1.165) is 25.8 Å². The van der Waals surface area contributed by atoms with Gasteiger partial charge in [-0.2, -0.15) is 0 Å². The van der Waals surface area contributed by atoms with E-state index in [0.29, 0.717) is 17.7 Å². The lowest BCUT2D eigenvalue weighted by Crippen LogP contribution is -2.32. The van der Waals surface area contributed by atoms with Crippen LogP contribution in [-0.4, -0.2) is 17.8 Å². The van der Waals surface area contributed by atoms with Crippen LogP contribution in [0.25, 0.3) is 0 Å². The molecule has 19 heavy (non-hydrogen) atoms. The van der Waals surface area contributed by atoms with E-state index in [1.807, 2.05) is 18.2 Å². The summed E-state index contributed by atoms with van der Waals surface area (Å²) in [6.45, 7) is 0.789. The Kier molecular flexibility index (Phi) is 5.71. The zero-order chi connectivity index (χ0) is 13.5. The first kappa shape index (κ1) is 14.4. The number of rotatable bonds is 5. The van der Waals surface area contributed by atoms with Gasteiger partial charge in [0.05, 0.1) is 0 Å². The number of benzene rings is 1. The second-order valence-electron chi connectivity index (χ2n) is 5.42. The van der Waals surface area contributed by atoms with Gasteiger partial charge in [0, 0.05) is 18.3 Å². The van der Waals surface area contributed by atoms with Crippen molar-refractivity contribution in [1.29, 1.82) is 0 Å². The number of carbonyl (C=O) groups is 1. The van der Waals surface area contributed by atoms with Gasteiger partial charge in [-0.3, -0.25) is 4.79 Å². The highest BCUT2D eigenvalue weighted by molar-refractivity contribution is 6.20. The molecule has 1 amide bonds. The fraction of sp³-hybridized carbons (Fsp3) is 0.562.